The minimum absolute atomic E-state index is 0.000839. The Bertz CT molecular complexity index is 874. The number of nitrogens with two attached hydrogens (primary N) is 1. The second-order valence-corrected chi connectivity index (χ2v) is 6.32. The zero-order valence-corrected chi connectivity index (χ0v) is 21.4. The molecule has 0 heterocycles. The summed E-state index contributed by atoms with van der Waals surface area (Å²) in [6, 6.07) is 7.13. The summed E-state index contributed by atoms with van der Waals surface area (Å²) in [6.45, 7) is 19.3. The fourth-order valence-corrected chi connectivity index (χ4v) is 2.53. The second kappa shape index (κ2) is 20.7. The molecule has 192 valence electrons. The molecule has 35 heavy (non-hydrogen) atoms. The molecule has 0 saturated carbocycles. The van der Waals surface area contributed by atoms with E-state index in [0.717, 1.165) is 16.5 Å². The molecule has 1 aromatic carbocycles. The molecule has 4 N–H and O–H groups in total. The van der Waals surface area contributed by atoms with Gasteiger partial charge in [-0.25, -0.2) is 0 Å². The number of nitrogens with one attached hydrogen (secondary N) is 2. The summed E-state index contributed by atoms with van der Waals surface area (Å²) in [6.07, 6.45) is 4.89. The van der Waals surface area contributed by atoms with Crippen LogP contribution in [0.5, 0.6) is 5.75 Å². The van der Waals surface area contributed by atoms with Gasteiger partial charge in [0.05, 0.1) is 12.3 Å². The summed E-state index contributed by atoms with van der Waals surface area (Å²) in [5, 5.41) is 10.7. The maximum atomic E-state index is 11.8. The predicted molar refractivity (Wildman–Crippen MR) is 144 cm³/mol. The number of ether oxygens (including phenoxy) is 1. The van der Waals surface area contributed by atoms with E-state index in [0.29, 0.717) is 43.0 Å². The highest BCUT2D eigenvalue weighted by Crippen LogP contribution is 2.22. The molecule has 0 unspecified atom stereocenters. The van der Waals surface area contributed by atoms with Gasteiger partial charge in [0, 0.05) is 30.8 Å². The molecule has 0 atom stereocenters. The first kappa shape index (κ1) is 33.2. The van der Waals surface area contributed by atoms with Gasteiger partial charge in [0.15, 0.2) is 0 Å². The van der Waals surface area contributed by atoms with Crippen molar-refractivity contribution in [1.82, 2.24) is 10.2 Å². The van der Waals surface area contributed by atoms with Crippen LogP contribution in [0.3, 0.4) is 0 Å². The molecule has 0 aliphatic rings. The van der Waals surface area contributed by atoms with E-state index in [1.165, 1.54) is 12.2 Å². The van der Waals surface area contributed by atoms with E-state index in [1.807, 2.05) is 27.7 Å². The number of hydrogen-bond donors (Lipinski definition) is 3. The number of rotatable bonds is 14. The summed E-state index contributed by atoms with van der Waals surface area (Å²) in [5.74, 6) is -0.170. The molecule has 0 fully saturated rings. The number of hydrogen-bond acceptors (Lipinski definition) is 6. The van der Waals surface area contributed by atoms with Crippen LogP contribution in [-0.4, -0.2) is 48.5 Å². The lowest BCUT2D eigenvalue weighted by atomic mass is 9.98. The average molecular weight is 485 g/mol. The van der Waals surface area contributed by atoms with Gasteiger partial charge in [0.1, 0.15) is 5.75 Å². The molecule has 0 radical (unpaired) electrons. The largest absolute Gasteiger partial charge is 0.494 e. The van der Waals surface area contributed by atoms with Crippen LogP contribution in [0, 0.1) is 5.41 Å². The average Bonchev–Trinajstić information content (AvgIpc) is 2.91. The second-order valence-electron chi connectivity index (χ2n) is 6.32. The van der Waals surface area contributed by atoms with Gasteiger partial charge in [0.25, 0.3) is 5.91 Å². The van der Waals surface area contributed by atoms with Gasteiger partial charge < -0.3 is 21.2 Å². The third-order valence-corrected chi connectivity index (χ3v) is 4.20. The standard InChI is InChI=1S/C23H28N4O4.2C2H6/c1-4-19(24)23(20(25)5-2)17-8-10-18(11-9-17)31-15-7-13-26-21(29)12-14-27(16-28)22(30)6-3;2*1-2/h4-6,8-11,16,24H,1-3,7,12-15,25H2,(H,26,29);2*1-2H3/b23-20-,24-19?;;. The fraction of sp³-hybridized carbons (Fsp3) is 0.333. The molecular formula is C27H40N4O4. The van der Waals surface area contributed by atoms with E-state index >= 15 is 0 Å². The first-order valence-electron chi connectivity index (χ1n) is 11.6. The lowest BCUT2D eigenvalue weighted by molar-refractivity contribution is -0.134. The van der Waals surface area contributed by atoms with Gasteiger partial charge >= 0.3 is 0 Å². The van der Waals surface area contributed by atoms with Crippen LogP contribution in [0.2, 0.25) is 0 Å². The van der Waals surface area contributed by atoms with Crippen molar-refractivity contribution in [1.29, 1.82) is 5.41 Å². The third kappa shape index (κ3) is 12.8. The molecule has 3 amide bonds. The molecule has 8 nitrogen and oxygen atoms in total. The molecule has 8 heteroatoms. The Kier molecular flexibility index (Phi) is 19.6. The summed E-state index contributed by atoms with van der Waals surface area (Å²) in [7, 11) is 0. The van der Waals surface area contributed by atoms with Crippen molar-refractivity contribution in [2.75, 3.05) is 19.7 Å². The maximum absolute atomic E-state index is 11.8. The van der Waals surface area contributed by atoms with Crippen molar-refractivity contribution in [3.8, 4) is 5.75 Å². The van der Waals surface area contributed by atoms with Crippen LogP contribution in [0.25, 0.3) is 5.57 Å². The van der Waals surface area contributed by atoms with Crippen molar-refractivity contribution in [2.24, 2.45) is 5.73 Å². The van der Waals surface area contributed by atoms with Crippen molar-refractivity contribution in [2.45, 2.75) is 40.5 Å². The lowest BCUT2D eigenvalue weighted by Crippen LogP contribution is -2.33. The number of carbonyl (C=O) groups is 3. The van der Waals surface area contributed by atoms with Crippen molar-refractivity contribution >= 4 is 29.5 Å². The smallest absolute Gasteiger partial charge is 0.252 e. The van der Waals surface area contributed by atoms with Gasteiger partial charge in [-0.2, -0.15) is 0 Å². The maximum Gasteiger partial charge on any atom is 0.252 e. The Morgan fingerprint density at radius 2 is 1.66 bits per heavy atom. The predicted octanol–water partition coefficient (Wildman–Crippen LogP) is 4.25. The molecule has 0 aliphatic carbocycles. The molecule has 1 rings (SSSR count). The summed E-state index contributed by atoms with van der Waals surface area (Å²) in [4.78, 5) is 34.8. The first-order valence-corrected chi connectivity index (χ1v) is 11.6. The third-order valence-electron chi connectivity index (χ3n) is 4.20. The van der Waals surface area contributed by atoms with E-state index < -0.39 is 5.91 Å². The molecule has 0 aliphatic heterocycles. The Morgan fingerprint density at radius 1 is 1.06 bits per heavy atom. The molecule has 0 bridgehead atoms. The number of benzene rings is 1. The Morgan fingerprint density at radius 3 is 2.14 bits per heavy atom. The first-order chi connectivity index (χ1) is 16.9. The van der Waals surface area contributed by atoms with E-state index in [9.17, 15) is 14.4 Å². The molecule has 0 aromatic heterocycles. The topological polar surface area (TPSA) is 126 Å². The number of amides is 3. The summed E-state index contributed by atoms with van der Waals surface area (Å²) < 4.78 is 5.65. The molecule has 0 saturated heterocycles. The molecule has 1 aromatic rings. The normalized spacial score (nSPS) is 9.94. The zero-order chi connectivity index (χ0) is 27.2. The van der Waals surface area contributed by atoms with E-state index in [4.69, 9.17) is 15.9 Å². The lowest BCUT2D eigenvalue weighted by Gasteiger charge is -2.13. The highest BCUT2D eigenvalue weighted by atomic mass is 16.5. The van der Waals surface area contributed by atoms with Crippen LogP contribution < -0.4 is 15.8 Å². The summed E-state index contributed by atoms with van der Waals surface area (Å²) >= 11 is 0. The van der Waals surface area contributed by atoms with Crippen LogP contribution in [0.15, 0.2) is 67.9 Å². The van der Waals surface area contributed by atoms with E-state index in [-0.39, 0.29) is 24.6 Å². The van der Waals surface area contributed by atoms with Crippen molar-refractivity contribution < 1.29 is 19.1 Å². The number of nitrogens with zero attached hydrogens (tertiary/aromatic N) is 1. The van der Waals surface area contributed by atoms with Crippen LogP contribution >= 0.6 is 0 Å². The quantitative estimate of drug-likeness (QED) is 0.120. The Hall–Kier alpha value is -3.94. The summed E-state index contributed by atoms with van der Waals surface area (Å²) in [5.41, 5.74) is 7.82. The molecule has 0 spiro atoms. The highest BCUT2D eigenvalue weighted by molar-refractivity contribution is 6.28. The minimum atomic E-state index is -0.543. The van der Waals surface area contributed by atoms with E-state index in [1.54, 1.807) is 24.3 Å². The van der Waals surface area contributed by atoms with Crippen LogP contribution in [-0.2, 0) is 14.4 Å². The van der Waals surface area contributed by atoms with E-state index in [2.05, 4.69) is 25.1 Å². The monoisotopic (exact) mass is 484 g/mol. The Labute approximate surface area is 209 Å². The van der Waals surface area contributed by atoms with Gasteiger partial charge in [-0.15, -0.1) is 0 Å². The SMILES string of the molecule is C=CC(=N)/C(=C(\N)C=C)c1ccc(OCCCNC(=O)CCN(C=O)C(=O)C=C)cc1.CC.CC. The zero-order valence-electron chi connectivity index (χ0n) is 21.4. The van der Waals surface area contributed by atoms with Crippen LogP contribution in [0.1, 0.15) is 46.1 Å². The Balaban J connectivity index is 0. The van der Waals surface area contributed by atoms with Gasteiger partial charge in [-0.3, -0.25) is 19.3 Å². The van der Waals surface area contributed by atoms with Gasteiger partial charge in [0.2, 0.25) is 12.3 Å². The number of carbonyl (C=O) groups excluding carboxylic acids is 3. The van der Waals surface area contributed by atoms with Gasteiger partial charge in [-0.1, -0.05) is 59.6 Å². The minimum Gasteiger partial charge on any atom is -0.494 e. The van der Waals surface area contributed by atoms with Gasteiger partial charge in [-0.05, 0) is 42.3 Å². The van der Waals surface area contributed by atoms with Crippen molar-refractivity contribution in [3.05, 3.63) is 73.5 Å². The van der Waals surface area contributed by atoms with Crippen LogP contribution in [0.4, 0.5) is 0 Å². The fourth-order valence-electron chi connectivity index (χ4n) is 2.53. The number of imide groups is 1. The highest BCUT2D eigenvalue weighted by Gasteiger charge is 2.11. The molecular weight excluding hydrogens is 444 g/mol. The van der Waals surface area contributed by atoms with Crippen molar-refractivity contribution in [3.63, 3.8) is 0 Å². The number of allylic oxidation sites excluding steroid dienone is 3.